The van der Waals surface area contributed by atoms with E-state index >= 15 is 0 Å². The average Bonchev–Trinajstić information content (AvgIpc) is 2.84. The molecule has 0 saturated carbocycles. The quantitative estimate of drug-likeness (QED) is 0.891. The Hall–Kier alpha value is -2.01. The number of benzene rings is 1. The first-order valence-electron chi connectivity index (χ1n) is 6.34. The van der Waals surface area contributed by atoms with Crippen LogP contribution in [0.5, 0.6) is 5.75 Å². The number of hydrogen-bond donors (Lipinski definition) is 2. The van der Waals surface area contributed by atoms with Crippen molar-refractivity contribution in [3.8, 4) is 5.75 Å². The minimum Gasteiger partial charge on any atom is -0.504 e. The van der Waals surface area contributed by atoms with Gasteiger partial charge in [0.05, 0.1) is 5.25 Å². The zero-order valence-electron chi connectivity index (χ0n) is 11.0. The van der Waals surface area contributed by atoms with Gasteiger partial charge in [-0.05, 0) is 37.1 Å². The van der Waals surface area contributed by atoms with Crippen LogP contribution in [0, 0.1) is 6.92 Å². The maximum Gasteiger partial charge on any atom is 0.239 e. The van der Waals surface area contributed by atoms with E-state index in [4.69, 9.17) is 0 Å². The van der Waals surface area contributed by atoms with Gasteiger partial charge in [0.1, 0.15) is 0 Å². The monoisotopic (exact) mass is 286 g/mol. The van der Waals surface area contributed by atoms with Crippen molar-refractivity contribution in [2.75, 3.05) is 5.32 Å². The molecule has 0 saturated heterocycles. The van der Waals surface area contributed by atoms with Crippen LogP contribution in [0.1, 0.15) is 11.1 Å². The number of aromatic hydroxyl groups is 1. The lowest BCUT2D eigenvalue weighted by molar-refractivity contribution is -0.115. The molecule has 0 fully saturated rings. The number of aromatic nitrogens is 1. The topological polar surface area (TPSA) is 62.2 Å². The van der Waals surface area contributed by atoms with E-state index in [1.807, 2.05) is 6.92 Å². The molecule has 4 nitrogen and oxygen atoms in total. The van der Waals surface area contributed by atoms with Crippen LogP contribution < -0.4 is 5.32 Å². The molecule has 1 aliphatic heterocycles. The van der Waals surface area contributed by atoms with E-state index in [1.165, 1.54) is 23.4 Å². The summed E-state index contributed by atoms with van der Waals surface area (Å²) >= 11 is 1.56. The van der Waals surface area contributed by atoms with E-state index < -0.39 is 0 Å². The fourth-order valence-corrected chi connectivity index (χ4v) is 3.46. The molecule has 1 aromatic carbocycles. The molecule has 1 aromatic heterocycles. The lowest BCUT2D eigenvalue weighted by atomic mass is 10.1. The Kier molecular flexibility index (Phi) is 3.36. The Morgan fingerprint density at radius 2 is 2.30 bits per heavy atom. The lowest BCUT2D eigenvalue weighted by Gasteiger charge is -2.09. The lowest BCUT2D eigenvalue weighted by Crippen LogP contribution is -2.25. The molecule has 2 heterocycles. The highest BCUT2D eigenvalue weighted by Crippen LogP contribution is 2.38. The van der Waals surface area contributed by atoms with Gasteiger partial charge in [0, 0.05) is 11.1 Å². The molecule has 1 aliphatic rings. The summed E-state index contributed by atoms with van der Waals surface area (Å²) in [4.78, 5) is 17.4. The Balaban J connectivity index is 1.73. The normalized spacial score (nSPS) is 16.8. The first-order chi connectivity index (χ1) is 9.63. The van der Waals surface area contributed by atoms with Gasteiger partial charge in [-0.3, -0.25) is 4.79 Å². The number of pyridine rings is 1. The Labute approximate surface area is 121 Å². The number of nitrogens with one attached hydrogen (secondary N) is 1. The van der Waals surface area contributed by atoms with Crippen LogP contribution in [0.15, 0.2) is 41.4 Å². The fourth-order valence-electron chi connectivity index (χ4n) is 2.17. The molecule has 3 rings (SSSR count). The minimum absolute atomic E-state index is 0.0165. The molecule has 102 valence electrons. The highest BCUT2D eigenvalue weighted by atomic mass is 32.2. The summed E-state index contributed by atoms with van der Waals surface area (Å²) in [7, 11) is 0. The zero-order valence-corrected chi connectivity index (χ0v) is 11.8. The van der Waals surface area contributed by atoms with Crippen LogP contribution >= 0.6 is 11.8 Å². The number of amides is 1. The molecule has 1 atom stereocenters. The number of carbonyl (C=O) groups excluding carboxylic acids is 1. The molecule has 0 spiro atoms. The number of thioether (sulfide) groups is 1. The van der Waals surface area contributed by atoms with E-state index in [0.29, 0.717) is 6.42 Å². The van der Waals surface area contributed by atoms with Gasteiger partial charge in [-0.25, -0.2) is 4.98 Å². The van der Waals surface area contributed by atoms with Crippen LogP contribution in [-0.2, 0) is 11.2 Å². The van der Waals surface area contributed by atoms with Gasteiger partial charge in [-0.1, -0.05) is 17.7 Å². The highest BCUT2D eigenvalue weighted by Gasteiger charge is 2.28. The first-order valence-corrected chi connectivity index (χ1v) is 7.22. The van der Waals surface area contributed by atoms with Gasteiger partial charge in [0.15, 0.2) is 11.6 Å². The molecule has 0 unspecified atom stereocenters. The summed E-state index contributed by atoms with van der Waals surface area (Å²) in [6.07, 6.45) is 2.24. The van der Waals surface area contributed by atoms with Crippen molar-refractivity contribution in [2.24, 2.45) is 0 Å². The number of aryl methyl sites for hydroxylation is 1. The molecule has 1 amide bonds. The standard InChI is InChI=1S/C15H14N2O2S/c1-9-4-5-10-8-13(20-12(10)7-9)15(19)17-14-11(18)3-2-6-16-14/h2-7,13,18H,8H2,1H3,(H,16,17,19)/t13-/m1/s1. The summed E-state index contributed by atoms with van der Waals surface area (Å²) in [5.41, 5.74) is 2.39. The summed E-state index contributed by atoms with van der Waals surface area (Å²) in [5, 5.41) is 12.1. The van der Waals surface area contributed by atoms with Crippen LogP contribution in [0.3, 0.4) is 0 Å². The van der Waals surface area contributed by atoms with E-state index in [0.717, 1.165) is 4.90 Å². The van der Waals surface area contributed by atoms with E-state index in [1.54, 1.807) is 17.8 Å². The number of anilines is 1. The second-order valence-corrected chi connectivity index (χ2v) is 6.03. The first kappa shape index (κ1) is 13.0. The second kappa shape index (κ2) is 5.17. The number of hydrogen-bond acceptors (Lipinski definition) is 4. The van der Waals surface area contributed by atoms with Crippen molar-refractivity contribution >= 4 is 23.5 Å². The number of nitrogens with zero attached hydrogens (tertiary/aromatic N) is 1. The molecular formula is C15H14N2O2S. The number of rotatable bonds is 2. The number of carbonyl (C=O) groups is 1. The van der Waals surface area contributed by atoms with Gasteiger partial charge >= 0.3 is 0 Å². The molecule has 2 N–H and O–H groups in total. The van der Waals surface area contributed by atoms with E-state index in [2.05, 4.69) is 28.5 Å². The molecule has 2 aromatic rings. The van der Waals surface area contributed by atoms with Gasteiger partial charge in [-0.15, -0.1) is 11.8 Å². The summed E-state index contributed by atoms with van der Waals surface area (Å²) < 4.78 is 0. The third-order valence-electron chi connectivity index (χ3n) is 3.22. The van der Waals surface area contributed by atoms with E-state index in [9.17, 15) is 9.90 Å². The van der Waals surface area contributed by atoms with Gasteiger partial charge < -0.3 is 10.4 Å². The molecule has 0 aliphatic carbocycles. The summed E-state index contributed by atoms with van der Waals surface area (Å²) in [5.74, 6) is 0.0697. The predicted octanol–water partition coefficient (Wildman–Crippen LogP) is 2.75. The fraction of sp³-hybridized carbons (Fsp3) is 0.200. The molecule has 5 heteroatoms. The zero-order chi connectivity index (χ0) is 14.1. The van der Waals surface area contributed by atoms with Crippen molar-refractivity contribution in [3.05, 3.63) is 47.7 Å². The van der Waals surface area contributed by atoms with Gasteiger partial charge in [0.2, 0.25) is 5.91 Å². The molecule has 20 heavy (non-hydrogen) atoms. The van der Waals surface area contributed by atoms with Crippen molar-refractivity contribution in [1.29, 1.82) is 0 Å². The van der Waals surface area contributed by atoms with Crippen LogP contribution in [0.25, 0.3) is 0 Å². The third-order valence-corrected chi connectivity index (χ3v) is 4.52. The van der Waals surface area contributed by atoms with Crippen molar-refractivity contribution < 1.29 is 9.90 Å². The smallest absolute Gasteiger partial charge is 0.239 e. The molecule has 0 bridgehead atoms. The van der Waals surface area contributed by atoms with Gasteiger partial charge in [-0.2, -0.15) is 0 Å². The van der Waals surface area contributed by atoms with Crippen LogP contribution in [0.2, 0.25) is 0 Å². The summed E-state index contributed by atoms with van der Waals surface area (Å²) in [6, 6.07) is 9.36. The predicted molar refractivity (Wildman–Crippen MR) is 79.1 cm³/mol. The maximum atomic E-state index is 12.2. The van der Waals surface area contributed by atoms with Crippen molar-refractivity contribution in [1.82, 2.24) is 4.98 Å². The van der Waals surface area contributed by atoms with Crippen LogP contribution in [0.4, 0.5) is 5.82 Å². The second-order valence-electron chi connectivity index (χ2n) is 4.78. The third kappa shape index (κ3) is 2.49. The van der Waals surface area contributed by atoms with Crippen molar-refractivity contribution in [3.63, 3.8) is 0 Å². The Morgan fingerprint density at radius 1 is 1.45 bits per heavy atom. The van der Waals surface area contributed by atoms with Crippen molar-refractivity contribution in [2.45, 2.75) is 23.5 Å². The number of fused-ring (bicyclic) bond motifs is 1. The Bertz CT molecular complexity index is 673. The average molecular weight is 286 g/mol. The SMILES string of the molecule is Cc1ccc2c(c1)S[C@@H](C(=O)Nc1ncccc1O)C2. The molecule has 0 radical (unpaired) electrons. The maximum absolute atomic E-state index is 12.2. The van der Waals surface area contributed by atoms with E-state index in [-0.39, 0.29) is 22.7 Å². The Morgan fingerprint density at radius 3 is 3.10 bits per heavy atom. The minimum atomic E-state index is -0.173. The highest BCUT2D eigenvalue weighted by molar-refractivity contribution is 8.01. The van der Waals surface area contributed by atoms with Crippen LogP contribution in [-0.4, -0.2) is 21.2 Å². The molecular weight excluding hydrogens is 272 g/mol. The van der Waals surface area contributed by atoms with Gasteiger partial charge in [0.25, 0.3) is 0 Å². The largest absolute Gasteiger partial charge is 0.504 e. The summed E-state index contributed by atoms with van der Waals surface area (Å²) in [6.45, 7) is 2.04.